The van der Waals surface area contributed by atoms with Gasteiger partial charge in [-0.2, -0.15) is 10.5 Å². The molecule has 1 N–H and O–H groups in total. The predicted molar refractivity (Wildman–Crippen MR) is 64.2 cm³/mol. The average Bonchev–Trinajstić information content (AvgIpc) is 2.37. The third kappa shape index (κ3) is 4.55. The van der Waals surface area contributed by atoms with Crippen molar-refractivity contribution in [2.75, 3.05) is 13.2 Å². The Morgan fingerprint density at radius 3 is 2.53 bits per heavy atom. The summed E-state index contributed by atoms with van der Waals surface area (Å²) in [6.45, 7) is 2.79. The molecule has 0 saturated heterocycles. The topological polar surface area (TPSA) is 68.8 Å². The fraction of sp³-hybridized carbons (Fsp3) is 0.385. The molecule has 0 aromatic heterocycles. The van der Waals surface area contributed by atoms with Crippen LogP contribution in [0.5, 0.6) is 5.75 Å². The lowest BCUT2D eigenvalue weighted by molar-refractivity contribution is 0.368. The van der Waals surface area contributed by atoms with Crippen molar-refractivity contribution < 1.29 is 4.74 Å². The third-order valence-electron chi connectivity index (χ3n) is 2.37. The molecule has 4 heteroatoms. The van der Waals surface area contributed by atoms with Crippen LogP contribution in [-0.4, -0.2) is 13.2 Å². The first-order valence-electron chi connectivity index (χ1n) is 5.48. The summed E-state index contributed by atoms with van der Waals surface area (Å²) in [6.07, 6.45) is 0.508. The molecule has 0 amide bonds. The number of hydrogen-bond acceptors (Lipinski definition) is 4. The molecule has 0 heterocycles. The van der Waals surface area contributed by atoms with Crippen molar-refractivity contribution >= 4 is 0 Å². The summed E-state index contributed by atoms with van der Waals surface area (Å²) in [6, 6.07) is 11.8. The van der Waals surface area contributed by atoms with E-state index in [1.807, 2.05) is 37.3 Å². The minimum Gasteiger partial charge on any atom is -0.479 e. The van der Waals surface area contributed by atoms with Gasteiger partial charge in [0.25, 0.3) is 0 Å². The number of rotatable bonds is 6. The molecule has 1 rings (SSSR count). The smallest absolute Gasteiger partial charge is 0.174 e. The Labute approximate surface area is 101 Å². The van der Waals surface area contributed by atoms with Crippen LogP contribution in [0.4, 0.5) is 0 Å². The van der Waals surface area contributed by atoms with Gasteiger partial charge in [0.2, 0.25) is 0 Å². The lowest BCUT2D eigenvalue weighted by Gasteiger charge is -2.13. The maximum absolute atomic E-state index is 8.44. The highest BCUT2D eigenvalue weighted by Crippen LogP contribution is 2.17. The summed E-state index contributed by atoms with van der Waals surface area (Å²) < 4.78 is 5.16. The van der Waals surface area contributed by atoms with Crippen LogP contribution in [-0.2, 0) is 0 Å². The van der Waals surface area contributed by atoms with E-state index in [0.29, 0.717) is 18.7 Å². The zero-order valence-corrected chi connectivity index (χ0v) is 9.81. The fourth-order valence-electron chi connectivity index (χ4n) is 1.43. The van der Waals surface area contributed by atoms with E-state index in [4.69, 9.17) is 15.3 Å². The Morgan fingerprint density at radius 1 is 1.24 bits per heavy atom. The lowest BCUT2D eigenvalue weighted by atomic mass is 10.1. The molecule has 88 valence electrons. The second-order valence-electron chi connectivity index (χ2n) is 3.60. The molecule has 0 aliphatic heterocycles. The van der Waals surface area contributed by atoms with E-state index in [2.05, 4.69) is 11.4 Å². The van der Waals surface area contributed by atoms with Crippen LogP contribution >= 0.6 is 0 Å². The van der Waals surface area contributed by atoms with Gasteiger partial charge in [0.05, 0.1) is 6.07 Å². The summed E-state index contributed by atoms with van der Waals surface area (Å²) in [5.41, 5.74) is 1.13. The van der Waals surface area contributed by atoms with Gasteiger partial charge in [-0.05, 0) is 24.6 Å². The van der Waals surface area contributed by atoms with Crippen LogP contribution in [0, 0.1) is 22.7 Å². The van der Waals surface area contributed by atoms with Crippen molar-refractivity contribution in [2.24, 2.45) is 0 Å². The fourth-order valence-corrected chi connectivity index (χ4v) is 1.43. The van der Waals surface area contributed by atoms with Crippen LogP contribution in [0.1, 0.15) is 24.9 Å². The molecule has 0 fully saturated rings. The van der Waals surface area contributed by atoms with Gasteiger partial charge in [0.15, 0.2) is 6.61 Å². The minimum atomic E-state index is 0.0648. The summed E-state index contributed by atoms with van der Waals surface area (Å²) in [7, 11) is 0. The molecule has 0 radical (unpaired) electrons. The molecule has 0 spiro atoms. The van der Waals surface area contributed by atoms with Crippen molar-refractivity contribution in [2.45, 2.75) is 19.4 Å². The maximum Gasteiger partial charge on any atom is 0.174 e. The molecule has 0 aliphatic carbocycles. The molecule has 17 heavy (non-hydrogen) atoms. The zero-order chi connectivity index (χ0) is 12.5. The van der Waals surface area contributed by atoms with Gasteiger partial charge in [-0.1, -0.05) is 12.1 Å². The minimum absolute atomic E-state index is 0.0648. The lowest BCUT2D eigenvalue weighted by Crippen LogP contribution is -2.19. The molecule has 1 aromatic carbocycles. The van der Waals surface area contributed by atoms with Crippen molar-refractivity contribution in [1.82, 2.24) is 5.32 Å². The summed E-state index contributed by atoms with van der Waals surface area (Å²) in [4.78, 5) is 0. The molecule has 1 atom stereocenters. The number of ether oxygens (including phenoxy) is 1. The van der Waals surface area contributed by atoms with Crippen LogP contribution < -0.4 is 10.1 Å². The molecule has 1 aromatic rings. The summed E-state index contributed by atoms with van der Waals surface area (Å²) in [5.74, 6) is 0.694. The zero-order valence-electron chi connectivity index (χ0n) is 9.81. The van der Waals surface area contributed by atoms with Gasteiger partial charge in [-0.3, -0.25) is 0 Å². The van der Waals surface area contributed by atoms with Crippen molar-refractivity contribution in [3.63, 3.8) is 0 Å². The van der Waals surface area contributed by atoms with E-state index in [-0.39, 0.29) is 12.6 Å². The van der Waals surface area contributed by atoms with Gasteiger partial charge >= 0.3 is 0 Å². The highest BCUT2D eigenvalue weighted by Gasteiger charge is 2.04. The van der Waals surface area contributed by atoms with E-state index >= 15 is 0 Å². The van der Waals surface area contributed by atoms with Gasteiger partial charge in [-0.25, -0.2) is 0 Å². The SMILES string of the molecule is CC(NCCC#N)c1ccc(OCC#N)cc1. The van der Waals surface area contributed by atoms with Gasteiger partial charge < -0.3 is 10.1 Å². The van der Waals surface area contributed by atoms with Crippen LogP contribution in [0.3, 0.4) is 0 Å². The van der Waals surface area contributed by atoms with E-state index in [1.165, 1.54) is 0 Å². The summed E-state index contributed by atoms with van der Waals surface area (Å²) in [5, 5.41) is 20.1. The molecule has 0 saturated carbocycles. The number of benzene rings is 1. The summed E-state index contributed by atoms with van der Waals surface area (Å²) >= 11 is 0. The van der Waals surface area contributed by atoms with Gasteiger partial charge in [0.1, 0.15) is 11.8 Å². The second-order valence-corrected chi connectivity index (χ2v) is 3.60. The van der Waals surface area contributed by atoms with Crippen LogP contribution in [0.15, 0.2) is 24.3 Å². The number of nitriles is 2. The van der Waals surface area contributed by atoms with E-state index in [9.17, 15) is 0 Å². The maximum atomic E-state index is 8.44. The van der Waals surface area contributed by atoms with E-state index in [1.54, 1.807) is 0 Å². The Balaban J connectivity index is 2.49. The first kappa shape index (κ1) is 13.0. The second kappa shape index (κ2) is 7.27. The Bertz CT molecular complexity index is 414. The Morgan fingerprint density at radius 2 is 1.94 bits per heavy atom. The van der Waals surface area contributed by atoms with Gasteiger partial charge in [-0.15, -0.1) is 0 Å². The van der Waals surface area contributed by atoms with Crippen LogP contribution in [0.25, 0.3) is 0 Å². The predicted octanol–water partition coefficient (Wildman–Crippen LogP) is 2.15. The molecular weight excluding hydrogens is 214 g/mol. The monoisotopic (exact) mass is 229 g/mol. The molecule has 1 unspecified atom stereocenters. The van der Waals surface area contributed by atoms with E-state index < -0.39 is 0 Å². The first-order valence-corrected chi connectivity index (χ1v) is 5.48. The van der Waals surface area contributed by atoms with Crippen LogP contribution in [0.2, 0.25) is 0 Å². The van der Waals surface area contributed by atoms with Crippen molar-refractivity contribution in [3.8, 4) is 17.9 Å². The molecule has 4 nitrogen and oxygen atoms in total. The largest absolute Gasteiger partial charge is 0.479 e. The van der Waals surface area contributed by atoms with Gasteiger partial charge in [0, 0.05) is 19.0 Å². The number of nitrogens with zero attached hydrogens (tertiary/aromatic N) is 2. The first-order chi connectivity index (χ1) is 8.27. The van der Waals surface area contributed by atoms with Crippen molar-refractivity contribution in [3.05, 3.63) is 29.8 Å². The Kier molecular flexibility index (Phi) is 5.57. The molecular formula is C13H15N3O. The van der Waals surface area contributed by atoms with Crippen molar-refractivity contribution in [1.29, 1.82) is 10.5 Å². The highest BCUT2D eigenvalue weighted by molar-refractivity contribution is 5.29. The Hall–Kier alpha value is -2.04. The molecule has 0 aliphatic rings. The molecule has 0 bridgehead atoms. The third-order valence-corrected chi connectivity index (χ3v) is 2.37. The quantitative estimate of drug-likeness (QED) is 0.759. The average molecular weight is 229 g/mol. The highest BCUT2D eigenvalue weighted by atomic mass is 16.5. The number of nitrogens with one attached hydrogen (secondary N) is 1. The normalized spacial score (nSPS) is 11.2. The standard InChI is InChI=1S/C13H15N3O/c1-11(16-9-2-7-14)12-3-5-13(6-4-12)17-10-8-15/h3-6,11,16H,2,9-10H2,1H3. The van der Waals surface area contributed by atoms with E-state index in [0.717, 1.165) is 5.56 Å². The number of hydrogen-bond donors (Lipinski definition) is 1.